The third-order valence-electron chi connectivity index (χ3n) is 3.78. The maximum Gasteiger partial charge on any atom is 0.263 e. The van der Waals surface area contributed by atoms with E-state index in [0.29, 0.717) is 30.5 Å². The Kier molecular flexibility index (Phi) is 7.22. The summed E-state index contributed by atoms with van der Waals surface area (Å²) in [5.41, 5.74) is 0. The van der Waals surface area contributed by atoms with Crippen molar-refractivity contribution >= 4 is 17.5 Å². The van der Waals surface area contributed by atoms with Crippen LogP contribution < -0.4 is 24.8 Å². The summed E-state index contributed by atoms with van der Waals surface area (Å²) in [6.45, 7) is 0.912. The minimum atomic E-state index is -0.309. The highest BCUT2D eigenvalue weighted by molar-refractivity contribution is 5.90. The van der Waals surface area contributed by atoms with E-state index in [1.54, 1.807) is 31.4 Å². The lowest BCUT2D eigenvalue weighted by Gasteiger charge is -2.09. The van der Waals surface area contributed by atoms with E-state index in [0.717, 1.165) is 11.5 Å². The number of anilines is 2. The van der Waals surface area contributed by atoms with Crippen molar-refractivity contribution in [3.05, 3.63) is 66.7 Å². The van der Waals surface area contributed by atoms with E-state index >= 15 is 0 Å². The molecular formula is C21H22N4O4. The minimum absolute atomic E-state index is 0.103. The lowest BCUT2D eigenvalue weighted by atomic mass is 10.3. The molecule has 0 fully saturated rings. The molecule has 2 aromatic carbocycles. The van der Waals surface area contributed by atoms with Gasteiger partial charge >= 0.3 is 0 Å². The Balaban J connectivity index is 1.36. The molecule has 0 aliphatic carbocycles. The molecule has 8 heteroatoms. The third-order valence-corrected chi connectivity index (χ3v) is 3.78. The Hall–Kier alpha value is -3.81. The summed E-state index contributed by atoms with van der Waals surface area (Å²) in [5, 5.41) is 13.7. The normalized spacial score (nSPS) is 10.1. The van der Waals surface area contributed by atoms with Crippen LogP contribution in [0.2, 0.25) is 0 Å². The van der Waals surface area contributed by atoms with Gasteiger partial charge in [-0.05, 0) is 48.5 Å². The van der Waals surface area contributed by atoms with Gasteiger partial charge in [0.05, 0.1) is 13.7 Å². The summed E-state index contributed by atoms with van der Waals surface area (Å²) >= 11 is 0. The maximum absolute atomic E-state index is 11.9. The van der Waals surface area contributed by atoms with Crippen molar-refractivity contribution in [2.75, 3.05) is 37.5 Å². The molecule has 0 aliphatic rings. The Morgan fingerprint density at radius 3 is 2.17 bits per heavy atom. The highest BCUT2D eigenvalue weighted by atomic mass is 16.5. The fraction of sp³-hybridized carbons (Fsp3) is 0.190. The average Bonchev–Trinajstić information content (AvgIpc) is 2.77. The van der Waals surface area contributed by atoms with E-state index in [4.69, 9.17) is 14.2 Å². The van der Waals surface area contributed by atoms with Crippen LogP contribution in [-0.4, -0.2) is 43.0 Å². The summed E-state index contributed by atoms with van der Waals surface area (Å²) in [6, 6.07) is 19.9. The van der Waals surface area contributed by atoms with Crippen LogP contribution in [0, 0.1) is 0 Å². The topological polar surface area (TPSA) is 94.6 Å². The first-order valence-corrected chi connectivity index (χ1v) is 9.05. The Bertz CT molecular complexity index is 887. The molecule has 150 valence electrons. The number of methoxy groups -OCH3 is 1. The van der Waals surface area contributed by atoms with E-state index in [9.17, 15) is 4.79 Å². The first-order valence-electron chi connectivity index (χ1n) is 9.05. The van der Waals surface area contributed by atoms with Crippen molar-refractivity contribution in [1.29, 1.82) is 0 Å². The van der Waals surface area contributed by atoms with Gasteiger partial charge in [-0.1, -0.05) is 18.2 Å². The minimum Gasteiger partial charge on any atom is -0.497 e. The summed E-state index contributed by atoms with van der Waals surface area (Å²) in [6.07, 6.45) is 0. The van der Waals surface area contributed by atoms with Gasteiger partial charge in [-0.3, -0.25) is 4.79 Å². The molecule has 0 bridgehead atoms. The Morgan fingerprint density at radius 2 is 1.48 bits per heavy atom. The van der Waals surface area contributed by atoms with Crippen molar-refractivity contribution < 1.29 is 19.0 Å². The second-order valence-corrected chi connectivity index (χ2v) is 5.90. The molecule has 29 heavy (non-hydrogen) atoms. The van der Waals surface area contributed by atoms with Crippen LogP contribution in [0.1, 0.15) is 0 Å². The van der Waals surface area contributed by atoms with Crippen LogP contribution in [0.25, 0.3) is 0 Å². The molecule has 3 aromatic rings. The number of nitrogens with one attached hydrogen (secondary N) is 2. The van der Waals surface area contributed by atoms with Crippen LogP contribution in [0.4, 0.5) is 11.6 Å². The number of hydrogen-bond donors (Lipinski definition) is 2. The molecule has 1 amide bonds. The van der Waals surface area contributed by atoms with E-state index < -0.39 is 0 Å². The number of rotatable bonds is 10. The Labute approximate surface area is 168 Å². The molecule has 0 aliphatic heterocycles. The second kappa shape index (κ2) is 10.5. The SMILES string of the molecule is COc1ccc(OCCNc2ccc(NC(=O)COc3ccccc3)nn2)cc1. The van der Waals surface area contributed by atoms with Gasteiger partial charge in [-0.2, -0.15) is 0 Å². The van der Waals surface area contributed by atoms with Crippen molar-refractivity contribution in [2.24, 2.45) is 0 Å². The quantitative estimate of drug-likeness (QED) is 0.511. The van der Waals surface area contributed by atoms with Crippen LogP contribution in [0.15, 0.2) is 66.7 Å². The molecule has 0 spiro atoms. The summed E-state index contributed by atoms with van der Waals surface area (Å²) in [5.74, 6) is 2.80. The number of benzene rings is 2. The first-order chi connectivity index (χ1) is 14.2. The zero-order valence-corrected chi connectivity index (χ0v) is 16.0. The monoisotopic (exact) mass is 394 g/mol. The number of nitrogens with zero attached hydrogens (tertiary/aromatic N) is 2. The van der Waals surface area contributed by atoms with E-state index in [1.807, 2.05) is 42.5 Å². The van der Waals surface area contributed by atoms with Gasteiger partial charge in [-0.15, -0.1) is 10.2 Å². The molecule has 3 rings (SSSR count). The number of carbonyl (C=O) groups is 1. The lowest BCUT2D eigenvalue weighted by molar-refractivity contribution is -0.118. The lowest BCUT2D eigenvalue weighted by Crippen LogP contribution is -2.21. The maximum atomic E-state index is 11.9. The van der Waals surface area contributed by atoms with Crippen LogP contribution in [0.3, 0.4) is 0 Å². The van der Waals surface area contributed by atoms with Gasteiger partial charge in [0.25, 0.3) is 5.91 Å². The largest absolute Gasteiger partial charge is 0.497 e. The molecular weight excluding hydrogens is 372 g/mol. The molecule has 0 unspecified atom stereocenters. The van der Waals surface area contributed by atoms with E-state index in [1.165, 1.54) is 0 Å². The van der Waals surface area contributed by atoms with Gasteiger partial charge in [0, 0.05) is 0 Å². The zero-order chi connectivity index (χ0) is 20.3. The molecule has 0 radical (unpaired) electrons. The summed E-state index contributed by atoms with van der Waals surface area (Å²) in [7, 11) is 1.62. The fourth-order valence-corrected chi connectivity index (χ4v) is 2.36. The standard InChI is InChI=1S/C21H22N4O4/c1-27-16-7-9-18(10-8-16)28-14-13-22-19-11-12-20(25-24-19)23-21(26)15-29-17-5-3-2-4-6-17/h2-12H,13-15H2,1H3,(H,22,24)(H,23,25,26). The Morgan fingerprint density at radius 1 is 0.828 bits per heavy atom. The molecule has 8 nitrogen and oxygen atoms in total. The molecule has 1 heterocycles. The number of para-hydroxylation sites is 1. The number of aromatic nitrogens is 2. The number of ether oxygens (including phenoxy) is 3. The smallest absolute Gasteiger partial charge is 0.263 e. The average molecular weight is 394 g/mol. The van der Waals surface area contributed by atoms with Gasteiger partial charge < -0.3 is 24.8 Å². The van der Waals surface area contributed by atoms with Crippen LogP contribution in [-0.2, 0) is 4.79 Å². The highest BCUT2D eigenvalue weighted by Gasteiger charge is 2.05. The van der Waals surface area contributed by atoms with E-state index in [2.05, 4.69) is 20.8 Å². The van der Waals surface area contributed by atoms with Crippen molar-refractivity contribution in [1.82, 2.24) is 10.2 Å². The zero-order valence-electron chi connectivity index (χ0n) is 16.0. The molecule has 0 saturated heterocycles. The first kappa shape index (κ1) is 19.9. The predicted octanol–water partition coefficient (Wildman–Crippen LogP) is 2.99. The van der Waals surface area contributed by atoms with Gasteiger partial charge in [0.1, 0.15) is 29.7 Å². The molecule has 2 N–H and O–H groups in total. The number of hydrogen-bond acceptors (Lipinski definition) is 7. The van der Waals surface area contributed by atoms with Gasteiger partial charge in [-0.25, -0.2) is 0 Å². The van der Waals surface area contributed by atoms with Crippen LogP contribution in [0.5, 0.6) is 17.2 Å². The van der Waals surface area contributed by atoms with Crippen LogP contribution >= 0.6 is 0 Å². The van der Waals surface area contributed by atoms with Crippen molar-refractivity contribution in [2.45, 2.75) is 0 Å². The predicted molar refractivity (Wildman–Crippen MR) is 110 cm³/mol. The summed E-state index contributed by atoms with van der Waals surface area (Å²) < 4.78 is 16.1. The molecule has 0 atom stereocenters. The van der Waals surface area contributed by atoms with E-state index in [-0.39, 0.29) is 12.5 Å². The van der Waals surface area contributed by atoms with Crippen molar-refractivity contribution in [3.63, 3.8) is 0 Å². The third kappa shape index (κ3) is 6.69. The van der Waals surface area contributed by atoms with Gasteiger partial charge in [0.2, 0.25) is 0 Å². The highest BCUT2D eigenvalue weighted by Crippen LogP contribution is 2.16. The fourth-order valence-electron chi connectivity index (χ4n) is 2.36. The van der Waals surface area contributed by atoms with Gasteiger partial charge in [0.15, 0.2) is 12.4 Å². The van der Waals surface area contributed by atoms with Crippen molar-refractivity contribution in [3.8, 4) is 17.2 Å². The number of amides is 1. The second-order valence-electron chi connectivity index (χ2n) is 5.90. The number of carbonyl (C=O) groups excluding carboxylic acids is 1. The summed E-state index contributed by atoms with van der Waals surface area (Å²) in [4.78, 5) is 11.9. The molecule has 0 saturated carbocycles. The molecule has 1 aromatic heterocycles.